The second-order valence-corrected chi connectivity index (χ2v) is 9.93. The van der Waals surface area contributed by atoms with Crippen molar-refractivity contribution in [3.8, 4) is 5.75 Å². The smallest absolute Gasteiger partial charge is 0.264 e. The molecule has 6 nitrogen and oxygen atoms in total. The van der Waals surface area contributed by atoms with Crippen molar-refractivity contribution in [1.82, 2.24) is 5.32 Å². The number of halogens is 1. The summed E-state index contributed by atoms with van der Waals surface area (Å²) in [6.07, 6.45) is 1.58. The summed E-state index contributed by atoms with van der Waals surface area (Å²) in [6, 6.07) is 20.7. The zero-order valence-corrected chi connectivity index (χ0v) is 20.1. The van der Waals surface area contributed by atoms with E-state index >= 15 is 0 Å². The van der Waals surface area contributed by atoms with Crippen LogP contribution >= 0.6 is 0 Å². The van der Waals surface area contributed by atoms with Crippen molar-refractivity contribution in [3.63, 3.8) is 0 Å². The fourth-order valence-electron chi connectivity index (χ4n) is 3.36. The number of amides is 1. The summed E-state index contributed by atoms with van der Waals surface area (Å²) in [5, 5.41) is 2.79. The predicted octanol–water partition coefficient (Wildman–Crippen LogP) is 4.56. The first kappa shape index (κ1) is 25.2. The Labute approximate surface area is 200 Å². The molecule has 8 heteroatoms. The van der Waals surface area contributed by atoms with E-state index in [2.05, 4.69) is 5.32 Å². The number of anilines is 1. The molecule has 180 valence electrons. The molecule has 0 aromatic heterocycles. The van der Waals surface area contributed by atoms with Gasteiger partial charge in [-0.15, -0.1) is 0 Å². The van der Waals surface area contributed by atoms with Crippen LogP contribution in [-0.4, -0.2) is 33.5 Å². The molecule has 1 amide bonds. The highest BCUT2D eigenvalue weighted by Crippen LogP contribution is 2.23. The van der Waals surface area contributed by atoms with Crippen molar-refractivity contribution in [2.24, 2.45) is 0 Å². The summed E-state index contributed by atoms with van der Waals surface area (Å²) in [5.41, 5.74) is 1.47. The third-order valence-corrected chi connectivity index (χ3v) is 6.78. The van der Waals surface area contributed by atoms with Crippen LogP contribution in [0.2, 0.25) is 0 Å². The fraction of sp³-hybridized carbons (Fsp3) is 0.269. The van der Waals surface area contributed by atoms with Crippen molar-refractivity contribution in [2.45, 2.75) is 37.7 Å². The number of para-hydroxylation sites is 1. The molecule has 0 saturated carbocycles. The molecule has 0 saturated heterocycles. The predicted molar refractivity (Wildman–Crippen MR) is 131 cm³/mol. The maximum Gasteiger partial charge on any atom is 0.264 e. The van der Waals surface area contributed by atoms with Crippen LogP contribution in [0.5, 0.6) is 5.75 Å². The Bertz CT molecular complexity index is 1170. The molecule has 3 rings (SSSR count). The van der Waals surface area contributed by atoms with Gasteiger partial charge >= 0.3 is 0 Å². The van der Waals surface area contributed by atoms with Crippen LogP contribution in [0, 0.1) is 5.82 Å². The zero-order chi connectivity index (χ0) is 24.6. The molecule has 0 unspecified atom stereocenters. The molecule has 0 heterocycles. The maximum atomic E-state index is 13.3. The number of nitrogens with one attached hydrogen (secondary N) is 1. The highest BCUT2D eigenvalue weighted by molar-refractivity contribution is 7.92. The van der Waals surface area contributed by atoms with Crippen LogP contribution in [0.25, 0.3) is 0 Å². The van der Waals surface area contributed by atoms with E-state index in [1.54, 1.807) is 30.3 Å². The number of hydrogen-bond acceptors (Lipinski definition) is 4. The van der Waals surface area contributed by atoms with E-state index in [0.29, 0.717) is 18.7 Å². The first-order valence-corrected chi connectivity index (χ1v) is 12.6. The SMILES string of the molecule is CC(C)Oc1ccc(CCCNC(=O)CN(c2ccccc2)S(=O)(=O)c2ccc(F)cc2)cc1. The number of sulfonamides is 1. The first-order valence-electron chi connectivity index (χ1n) is 11.1. The molecule has 0 spiro atoms. The lowest BCUT2D eigenvalue weighted by atomic mass is 10.1. The van der Waals surface area contributed by atoms with Crippen molar-refractivity contribution in [1.29, 1.82) is 0 Å². The van der Waals surface area contributed by atoms with Gasteiger partial charge in [-0.25, -0.2) is 12.8 Å². The number of hydrogen-bond donors (Lipinski definition) is 1. The number of carbonyl (C=O) groups excluding carboxylic acids is 1. The highest BCUT2D eigenvalue weighted by Gasteiger charge is 2.27. The molecular formula is C26H29FN2O4S. The van der Waals surface area contributed by atoms with E-state index in [1.165, 1.54) is 12.1 Å². The third-order valence-electron chi connectivity index (χ3n) is 4.99. The minimum Gasteiger partial charge on any atom is -0.491 e. The molecule has 0 atom stereocenters. The monoisotopic (exact) mass is 484 g/mol. The average Bonchev–Trinajstić information content (AvgIpc) is 2.82. The normalized spacial score (nSPS) is 11.3. The Balaban J connectivity index is 1.60. The number of nitrogens with zero attached hydrogens (tertiary/aromatic N) is 1. The van der Waals surface area contributed by atoms with Gasteiger partial charge in [0.05, 0.1) is 16.7 Å². The van der Waals surface area contributed by atoms with Crippen LogP contribution in [0.3, 0.4) is 0 Å². The van der Waals surface area contributed by atoms with Gasteiger partial charge < -0.3 is 10.1 Å². The van der Waals surface area contributed by atoms with Crippen molar-refractivity contribution >= 4 is 21.6 Å². The molecule has 0 aliphatic carbocycles. The van der Waals surface area contributed by atoms with Crippen molar-refractivity contribution in [3.05, 3.63) is 90.2 Å². The van der Waals surface area contributed by atoms with Crippen LogP contribution in [0.4, 0.5) is 10.1 Å². The number of carbonyl (C=O) groups is 1. The third kappa shape index (κ3) is 7.05. The van der Waals surface area contributed by atoms with Crippen LogP contribution in [0.15, 0.2) is 83.8 Å². The lowest BCUT2D eigenvalue weighted by Crippen LogP contribution is -2.41. The molecule has 0 radical (unpaired) electrons. The van der Waals surface area contributed by atoms with Gasteiger partial charge in [0.2, 0.25) is 5.91 Å². The van der Waals surface area contributed by atoms with Gasteiger partial charge in [0.1, 0.15) is 18.1 Å². The second kappa shape index (κ2) is 11.7. The van der Waals surface area contributed by atoms with Gasteiger partial charge in [0.15, 0.2) is 0 Å². The molecule has 0 aliphatic rings. The first-order chi connectivity index (χ1) is 16.3. The number of rotatable bonds is 11. The molecule has 3 aromatic carbocycles. The Hall–Kier alpha value is -3.39. The minimum atomic E-state index is -4.06. The summed E-state index contributed by atoms with van der Waals surface area (Å²) >= 11 is 0. The second-order valence-electron chi connectivity index (χ2n) is 8.07. The van der Waals surface area contributed by atoms with Gasteiger partial charge in [0, 0.05) is 6.54 Å². The van der Waals surface area contributed by atoms with Crippen LogP contribution < -0.4 is 14.4 Å². The van der Waals surface area contributed by atoms with E-state index in [9.17, 15) is 17.6 Å². The lowest BCUT2D eigenvalue weighted by Gasteiger charge is -2.24. The Kier molecular flexibility index (Phi) is 8.65. The standard InChI is InChI=1S/C26H29FN2O4S/c1-20(2)33-24-14-10-21(11-15-24)7-6-18-28-26(30)19-29(23-8-4-3-5-9-23)34(31,32)25-16-12-22(27)13-17-25/h3-5,8-17,20H,6-7,18-19H2,1-2H3,(H,28,30). The lowest BCUT2D eigenvalue weighted by molar-refractivity contribution is -0.119. The average molecular weight is 485 g/mol. The number of ether oxygens (including phenoxy) is 1. The number of benzene rings is 3. The summed E-state index contributed by atoms with van der Waals surface area (Å²) in [5.74, 6) is -0.143. The zero-order valence-electron chi connectivity index (χ0n) is 19.3. The minimum absolute atomic E-state index is 0.0875. The van der Waals surface area contributed by atoms with E-state index < -0.39 is 21.7 Å². The molecule has 1 N–H and O–H groups in total. The van der Waals surface area contributed by atoms with E-state index in [1.807, 2.05) is 38.1 Å². The molecule has 3 aromatic rings. The largest absolute Gasteiger partial charge is 0.491 e. The van der Waals surface area contributed by atoms with Crippen molar-refractivity contribution in [2.75, 3.05) is 17.4 Å². The molecular weight excluding hydrogens is 455 g/mol. The molecule has 34 heavy (non-hydrogen) atoms. The maximum absolute atomic E-state index is 13.3. The summed E-state index contributed by atoms with van der Waals surface area (Å²) < 4.78 is 46.4. The van der Waals surface area contributed by atoms with E-state index in [4.69, 9.17) is 4.74 Å². The molecule has 0 aliphatic heterocycles. The van der Waals surface area contributed by atoms with Crippen LogP contribution in [0.1, 0.15) is 25.8 Å². The van der Waals surface area contributed by atoms with Gasteiger partial charge in [-0.1, -0.05) is 30.3 Å². The molecule has 0 fully saturated rings. The van der Waals surface area contributed by atoms with Gasteiger partial charge in [-0.2, -0.15) is 0 Å². The van der Waals surface area contributed by atoms with Gasteiger partial charge in [0.25, 0.3) is 10.0 Å². The summed E-state index contributed by atoms with van der Waals surface area (Å²) in [6.45, 7) is 3.97. The summed E-state index contributed by atoms with van der Waals surface area (Å²) in [4.78, 5) is 12.5. The molecule has 0 bridgehead atoms. The van der Waals surface area contributed by atoms with Crippen LogP contribution in [-0.2, 0) is 21.2 Å². The summed E-state index contributed by atoms with van der Waals surface area (Å²) in [7, 11) is -4.06. The fourth-order valence-corrected chi connectivity index (χ4v) is 4.78. The van der Waals surface area contributed by atoms with E-state index in [0.717, 1.165) is 34.2 Å². The quantitative estimate of drug-likeness (QED) is 0.405. The van der Waals surface area contributed by atoms with Gasteiger partial charge in [-0.3, -0.25) is 9.10 Å². The number of aryl methyl sites for hydroxylation is 1. The van der Waals surface area contributed by atoms with E-state index in [-0.39, 0.29) is 17.5 Å². The Morgan fingerprint density at radius 1 is 0.971 bits per heavy atom. The Morgan fingerprint density at radius 2 is 1.62 bits per heavy atom. The highest BCUT2D eigenvalue weighted by atomic mass is 32.2. The topological polar surface area (TPSA) is 75.7 Å². The van der Waals surface area contributed by atoms with Gasteiger partial charge in [-0.05, 0) is 80.8 Å². The van der Waals surface area contributed by atoms with Crippen molar-refractivity contribution < 1.29 is 22.3 Å². The Morgan fingerprint density at radius 3 is 2.24 bits per heavy atom.